The lowest BCUT2D eigenvalue weighted by atomic mass is 10.2. The number of thioether (sulfide) groups is 1. The summed E-state index contributed by atoms with van der Waals surface area (Å²) in [4.78, 5) is 4.37. The molecule has 3 rings (SSSR count). The van der Waals surface area contributed by atoms with Crippen molar-refractivity contribution in [2.24, 2.45) is 12.0 Å². The molecule has 0 spiro atoms. The van der Waals surface area contributed by atoms with Gasteiger partial charge in [0.2, 0.25) is 0 Å². The highest BCUT2D eigenvalue weighted by molar-refractivity contribution is 8.13. The minimum absolute atomic E-state index is 0.559. The van der Waals surface area contributed by atoms with E-state index in [0.29, 0.717) is 5.17 Å². The Bertz CT molecular complexity index is 944. The number of aromatic nitrogens is 4. The number of hydrogen-bond donors (Lipinski definition) is 1. The average Bonchev–Trinajstić information content (AvgIpc) is 3.21. The second-order valence-electron chi connectivity index (χ2n) is 5.32. The zero-order valence-corrected chi connectivity index (χ0v) is 14.9. The number of rotatable bonds is 3. The summed E-state index contributed by atoms with van der Waals surface area (Å²) in [6.45, 7) is 1.97. The van der Waals surface area contributed by atoms with Crippen LogP contribution in [0.3, 0.4) is 0 Å². The van der Waals surface area contributed by atoms with Crippen molar-refractivity contribution in [3.8, 4) is 23.1 Å². The number of benzene rings is 1. The smallest absolute Gasteiger partial charge is 0.183 e. The first-order valence-electron chi connectivity index (χ1n) is 7.55. The van der Waals surface area contributed by atoms with Crippen molar-refractivity contribution in [1.29, 1.82) is 5.26 Å². The standard InChI is InChI=1S/C17H17N7S/c1-12-15(10-23(2)21-12)16-8-9-24(22-16)14-6-4-13(5-7-14)20-17(25-3)19-11-18/h4-10H,1-3H3,(H,19,20). The maximum atomic E-state index is 8.68. The highest BCUT2D eigenvalue weighted by Crippen LogP contribution is 2.22. The number of nitrogens with one attached hydrogen (secondary N) is 1. The first-order chi connectivity index (χ1) is 12.1. The number of nitriles is 1. The fourth-order valence-corrected chi connectivity index (χ4v) is 2.78. The molecule has 25 heavy (non-hydrogen) atoms. The molecule has 0 radical (unpaired) electrons. The summed E-state index contributed by atoms with van der Waals surface area (Å²) in [5.74, 6) is 0. The Morgan fingerprint density at radius 1 is 1.24 bits per heavy atom. The summed E-state index contributed by atoms with van der Waals surface area (Å²) in [5.41, 5.74) is 4.56. The highest BCUT2D eigenvalue weighted by atomic mass is 32.2. The van der Waals surface area contributed by atoms with Crippen LogP contribution < -0.4 is 5.32 Å². The van der Waals surface area contributed by atoms with E-state index in [-0.39, 0.29) is 0 Å². The van der Waals surface area contributed by atoms with Gasteiger partial charge in [-0.25, -0.2) is 9.67 Å². The molecule has 1 N–H and O–H groups in total. The minimum Gasteiger partial charge on any atom is -0.275 e. The summed E-state index contributed by atoms with van der Waals surface area (Å²) >= 11 is 1.39. The van der Waals surface area contributed by atoms with E-state index in [0.717, 1.165) is 28.3 Å². The topological polar surface area (TPSA) is 83.8 Å². The third-order valence-electron chi connectivity index (χ3n) is 3.58. The molecule has 7 nitrogen and oxygen atoms in total. The van der Waals surface area contributed by atoms with E-state index in [2.05, 4.69) is 20.5 Å². The van der Waals surface area contributed by atoms with Crippen LogP contribution in [0.2, 0.25) is 0 Å². The van der Waals surface area contributed by atoms with Gasteiger partial charge < -0.3 is 0 Å². The third kappa shape index (κ3) is 3.72. The normalized spacial score (nSPS) is 11.4. The van der Waals surface area contributed by atoms with E-state index in [1.54, 1.807) is 4.68 Å². The fourth-order valence-electron chi connectivity index (χ4n) is 2.43. The molecule has 0 saturated heterocycles. The molecule has 0 fully saturated rings. The van der Waals surface area contributed by atoms with Crippen LogP contribution in [0, 0.1) is 18.4 Å². The minimum atomic E-state index is 0.559. The Morgan fingerprint density at radius 2 is 2.00 bits per heavy atom. The second kappa shape index (κ2) is 7.23. The zero-order chi connectivity index (χ0) is 17.8. The molecule has 1 aromatic carbocycles. The van der Waals surface area contributed by atoms with Crippen molar-refractivity contribution in [2.45, 2.75) is 6.92 Å². The van der Waals surface area contributed by atoms with Gasteiger partial charge in [-0.15, -0.1) is 0 Å². The molecule has 0 aliphatic carbocycles. The molecule has 0 saturated carbocycles. The first kappa shape index (κ1) is 16.8. The Kier molecular flexibility index (Phi) is 4.86. The number of amidine groups is 1. The van der Waals surface area contributed by atoms with E-state index < -0.39 is 0 Å². The maximum Gasteiger partial charge on any atom is 0.183 e. The molecule has 0 atom stereocenters. The molecule has 126 valence electrons. The maximum absolute atomic E-state index is 8.68. The number of nitrogens with zero attached hydrogens (tertiary/aromatic N) is 6. The van der Waals surface area contributed by atoms with Crippen LogP contribution in [0.1, 0.15) is 5.69 Å². The van der Waals surface area contributed by atoms with Crippen LogP contribution in [0.4, 0.5) is 5.69 Å². The van der Waals surface area contributed by atoms with Crippen molar-refractivity contribution in [3.63, 3.8) is 0 Å². The largest absolute Gasteiger partial charge is 0.275 e. The number of hydrogen-bond acceptors (Lipinski definition) is 5. The molecule has 0 aliphatic rings. The third-order valence-corrected chi connectivity index (χ3v) is 4.16. The van der Waals surface area contributed by atoms with Gasteiger partial charge in [-0.1, -0.05) is 11.8 Å². The Morgan fingerprint density at radius 3 is 2.60 bits per heavy atom. The van der Waals surface area contributed by atoms with Crippen LogP contribution >= 0.6 is 11.8 Å². The molecule has 2 heterocycles. The van der Waals surface area contributed by atoms with Crippen LogP contribution in [0.15, 0.2) is 47.7 Å². The van der Waals surface area contributed by atoms with Gasteiger partial charge in [0.15, 0.2) is 11.4 Å². The number of aliphatic imine (C=N–C) groups is 1. The van der Waals surface area contributed by atoms with Crippen LogP contribution in [-0.4, -0.2) is 31.0 Å². The van der Waals surface area contributed by atoms with Crippen LogP contribution in [-0.2, 0) is 7.05 Å². The number of aryl methyl sites for hydroxylation is 2. The lowest BCUT2D eigenvalue weighted by molar-refractivity contribution is 0.756. The van der Waals surface area contributed by atoms with E-state index in [1.165, 1.54) is 11.8 Å². The van der Waals surface area contributed by atoms with Gasteiger partial charge in [0, 0.05) is 25.0 Å². The van der Waals surface area contributed by atoms with Crippen LogP contribution in [0.25, 0.3) is 16.9 Å². The summed E-state index contributed by atoms with van der Waals surface area (Å²) in [6, 6.07) is 9.63. The lowest BCUT2D eigenvalue weighted by Crippen LogP contribution is -2.12. The molecular weight excluding hydrogens is 334 g/mol. The fraction of sp³-hybridized carbons (Fsp3) is 0.176. The monoisotopic (exact) mass is 351 g/mol. The van der Waals surface area contributed by atoms with Gasteiger partial charge in [0.1, 0.15) is 0 Å². The predicted octanol–water partition coefficient (Wildman–Crippen LogP) is 3.00. The van der Waals surface area contributed by atoms with Gasteiger partial charge in [0.05, 0.1) is 22.8 Å². The Balaban J connectivity index is 1.84. The van der Waals surface area contributed by atoms with Crippen molar-refractivity contribution in [1.82, 2.24) is 24.9 Å². The van der Waals surface area contributed by atoms with Gasteiger partial charge in [-0.05, 0) is 43.5 Å². The predicted molar refractivity (Wildman–Crippen MR) is 99.9 cm³/mol. The van der Waals surface area contributed by atoms with Crippen molar-refractivity contribution >= 4 is 22.6 Å². The van der Waals surface area contributed by atoms with Gasteiger partial charge in [-0.2, -0.15) is 15.5 Å². The zero-order valence-electron chi connectivity index (χ0n) is 14.1. The SMILES string of the molecule is CSC(=Nc1ccc(-n2ccc(-c3cn(C)nc3C)n2)cc1)NC#N. The van der Waals surface area contributed by atoms with E-state index in [9.17, 15) is 0 Å². The highest BCUT2D eigenvalue weighted by Gasteiger charge is 2.09. The molecule has 0 amide bonds. The van der Waals surface area contributed by atoms with Gasteiger partial charge >= 0.3 is 0 Å². The summed E-state index contributed by atoms with van der Waals surface area (Å²) in [6.07, 6.45) is 7.63. The van der Waals surface area contributed by atoms with E-state index >= 15 is 0 Å². The first-order valence-corrected chi connectivity index (χ1v) is 8.77. The average molecular weight is 351 g/mol. The summed E-state index contributed by atoms with van der Waals surface area (Å²) in [5, 5.41) is 20.8. The quantitative estimate of drug-likeness (QED) is 0.339. The van der Waals surface area contributed by atoms with Crippen molar-refractivity contribution < 1.29 is 0 Å². The van der Waals surface area contributed by atoms with Crippen LogP contribution in [0.5, 0.6) is 0 Å². The van der Waals surface area contributed by atoms with Crippen molar-refractivity contribution in [3.05, 3.63) is 48.4 Å². The van der Waals surface area contributed by atoms with E-state index in [4.69, 9.17) is 5.26 Å². The Labute approximate surface area is 150 Å². The second-order valence-corrected chi connectivity index (χ2v) is 6.12. The lowest BCUT2D eigenvalue weighted by Gasteiger charge is -2.03. The molecule has 8 heteroatoms. The van der Waals surface area contributed by atoms with E-state index in [1.807, 2.05) is 73.8 Å². The molecular formula is C17H17N7S. The Hall–Kier alpha value is -3.05. The molecule has 3 aromatic rings. The molecule has 0 aliphatic heterocycles. The molecule has 0 bridgehead atoms. The van der Waals surface area contributed by atoms with Gasteiger partial charge in [-0.3, -0.25) is 10.00 Å². The van der Waals surface area contributed by atoms with Gasteiger partial charge in [0.25, 0.3) is 0 Å². The van der Waals surface area contributed by atoms with Crippen molar-refractivity contribution in [2.75, 3.05) is 6.26 Å². The molecule has 0 unspecified atom stereocenters. The summed E-state index contributed by atoms with van der Waals surface area (Å²) < 4.78 is 3.60. The summed E-state index contributed by atoms with van der Waals surface area (Å²) in [7, 11) is 1.90. The molecule has 2 aromatic heterocycles.